The summed E-state index contributed by atoms with van der Waals surface area (Å²) in [5.41, 5.74) is 0. The van der Waals surface area contributed by atoms with Gasteiger partial charge in [0.05, 0.1) is 4.91 Å². The van der Waals surface area contributed by atoms with Gasteiger partial charge in [-0.3, -0.25) is 0 Å². The van der Waals surface area contributed by atoms with E-state index < -0.39 is 9.84 Å². The van der Waals surface area contributed by atoms with Crippen molar-refractivity contribution in [2.45, 2.75) is 13.8 Å². The van der Waals surface area contributed by atoms with Crippen molar-refractivity contribution in [3.05, 3.63) is 59.4 Å². The predicted octanol–water partition coefficient (Wildman–Crippen LogP) is 3.14. The maximum Gasteiger partial charge on any atom is 0.201 e. The molecule has 0 N–H and O–H groups in total. The zero-order chi connectivity index (χ0) is 11.9. The summed E-state index contributed by atoms with van der Waals surface area (Å²) in [6, 6.07) is 0. The average molecular weight is 224 g/mol. The highest BCUT2D eigenvalue weighted by Crippen LogP contribution is 2.16. The summed E-state index contributed by atoms with van der Waals surface area (Å²) in [5.74, 6) is 0. The quantitative estimate of drug-likeness (QED) is 0.672. The molecule has 0 amide bonds. The lowest BCUT2D eigenvalue weighted by Crippen LogP contribution is -2.02. The first-order valence-corrected chi connectivity index (χ1v) is 5.97. The third-order valence-electron chi connectivity index (χ3n) is 1.71. The molecule has 0 spiro atoms. The molecule has 0 aliphatic heterocycles. The predicted molar refractivity (Wildman–Crippen MR) is 66.0 cm³/mol. The van der Waals surface area contributed by atoms with Crippen LogP contribution in [0.25, 0.3) is 0 Å². The van der Waals surface area contributed by atoms with Gasteiger partial charge in [0.25, 0.3) is 0 Å². The Kier molecular flexibility index (Phi) is 5.64. The summed E-state index contributed by atoms with van der Waals surface area (Å²) >= 11 is 0. The Hall–Kier alpha value is -1.35. The zero-order valence-electron chi connectivity index (χ0n) is 9.10. The van der Waals surface area contributed by atoms with Crippen LogP contribution in [0.5, 0.6) is 0 Å². The standard InChI is InChI=1S/C12H16O2S/c1-5-7-8-10-12(4)15(13,14)11(3)9-6-2/h5-10H,2,4H2,1,3H3/b7-5-,10-8-,11-9+. The maximum atomic E-state index is 11.7. The first kappa shape index (κ1) is 13.7. The van der Waals surface area contributed by atoms with Crippen LogP contribution in [0, 0.1) is 0 Å². The van der Waals surface area contributed by atoms with Crippen LogP contribution >= 0.6 is 0 Å². The van der Waals surface area contributed by atoms with Crippen molar-refractivity contribution in [1.29, 1.82) is 0 Å². The van der Waals surface area contributed by atoms with Gasteiger partial charge in [-0.2, -0.15) is 0 Å². The van der Waals surface area contributed by atoms with Crippen LogP contribution in [0.15, 0.2) is 59.4 Å². The van der Waals surface area contributed by atoms with E-state index in [2.05, 4.69) is 13.2 Å². The van der Waals surface area contributed by atoms with Gasteiger partial charge in [0.2, 0.25) is 9.84 Å². The van der Waals surface area contributed by atoms with Crippen LogP contribution in [0.3, 0.4) is 0 Å². The summed E-state index contributed by atoms with van der Waals surface area (Å²) in [5, 5.41) is 0. The second-order valence-corrected chi connectivity index (χ2v) is 5.04. The van der Waals surface area contributed by atoms with E-state index in [0.717, 1.165) is 0 Å². The molecule has 0 aromatic carbocycles. The minimum atomic E-state index is -3.41. The highest BCUT2D eigenvalue weighted by atomic mass is 32.2. The molecule has 0 saturated carbocycles. The molecule has 0 aromatic rings. The van der Waals surface area contributed by atoms with Crippen molar-refractivity contribution in [2.75, 3.05) is 0 Å². The van der Waals surface area contributed by atoms with Gasteiger partial charge in [0, 0.05) is 4.91 Å². The van der Waals surface area contributed by atoms with Crippen molar-refractivity contribution in [1.82, 2.24) is 0 Å². The van der Waals surface area contributed by atoms with Gasteiger partial charge >= 0.3 is 0 Å². The summed E-state index contributed by atoms with van der Waals surface area (Å²) < 4.78 is 23.4. The average Bonchev–Trinajstić information content (AvgIpc) is 2.18. The van der Waals surface area contributed by atoms with Gasteiger partial charge in [0.15, 0.2) is 0 Å². The fourth-order valence-electron chi connectivity index (χ4n) is 0.826. The van der Waals surface area contributed by atoms with E-state index in [0.29, 0.717) is 0 Å². The minimum Gasteiger partial charge on any atom is -0.219 e. The smallest absolute Gasteiger partial charge is 0.201 e. The first-order valence-electron chi connectivity index (χ1n) is 4.49. The van der Waals surface area contributed by atoms with Crippen LogP contribution < -0.4 is 0 Å². The summed E-state index contributed by atoms with van der Waals surface area (Å²) in [6.45, 7) is 10.3. The highest BCUT2D eigenvalue weighted by Gasteiger charge is 2.14. The molecule has 15 heavy (non-hydrogen) atoms. The molecule has 0 radical (unpaired) electrons. The highest BCUT2D eigenvalue weighted by molar-refractivity contribution is 7.99. The van der Waals surface area contributed by atoms with Gasteiger partial charge in [-0.15, -0.1) is 0 Å². The van der Waals surface area contributed by atoms with Crippen molar-refractivity contribution in [2.24, 2.45) is 0 Å². The Bertz CT molecular complexity index is 421. The molecule has 0 saturated heterocycles. The van der Waals surface area contributed by atoms with E-state index in [1.165, 1.54) is 25.2 Å². The van der Waals surface area contributed by atoms with E-state index >= 15 is 0 Å². The Morgan fingerprint density at radius 1 is 1.27 bits per heavy atom. The molecular weight excluding hydrogens is 208 g/mol. The second-order valence-electron chi connectivity index (χ2n) is 2.87. The maximum absolute atomic E-state index is 11.7. The van der Waals surface area contributed by atoms with Crippen molar-refractivity contribution >= 4 is 9.84 Å². The molecule has 0 unspecified atom stereocenters. The lowest BCUT2D eigenvalue weighted by molar-refractivity contribution is 0.608. The summed E-state index contributed by atoms with van der Waals surface area (Å²) in [6.07, 6.45) is 9.55. The number of hydrogen-bond donors (Lipinski definition) is 0. The zero-order valence-corrected chi connectivity index (χ0v) is 9.92. The lowest BCUT2D eigenvalue weighted by atomic mass is 10.4. The van der Waals surface area contributed by atoms with Crippen molar-refractivity contribution in [3.63, 3.8) is 0 Å². The Labute approximate surface area is 91.9 Å². The number of allylic oxidation sites excluding steroid dienone is 7. The van der Waals surface area contributed by atoms with Gasteiger partial charge in [-0.05, 0) is 26.0 Å². The van der Waals surface area contributed by atoms with E-state index in [-0.39, 0.29) is 9.81 Å². The molecule has 0 rings (SSSR count). The third-order valence-corrected chi connectivity index (χ3v) is 3.52. The Morgan fingerprint density at radius 3 is 2.33 bits per heavy atom. The fraction of sp³-hybridized carbons (Fsp3) is 0.167. The molecule has 0 heterocycles. The topological polar surface area (TPSA) is 34.1 Å². The van der Waals surface area contributed by atoms with E-state index in [9.17, 15) is 8.42 Å². The fourth-order valence-corrected chi connectivity index (χ4v) is 1.77. The van der Waals surface area contributed by atoms with Crippen LogP contribution in [0.4, 0.5) is 0 Å². The molecular formula is C12H16O2S. The molecule has 0 atom stereocenters. The number of rotatable bonds is 5. The monoisotopic (exact) mass is 224 g/mol. The Morgan fingerprint density at radius 2 is 1.87 bits per heavy atom. The summed E-state index contributed by atoms with van der Waals surface area (Å²) in [4.78, 5) is 0.323. The summed E-state index contributed by atoms with van der Waals surface area (Å²) in [7, 11) is -3.41. The van der Waals surface area contributed by atoms with Gasteiger partial charge in [-0.1, -0.05) is 37.5 Å². The normalized spacial score (nSPS) is 13.6. The molecule has 0 aliphatic rings. The van der Waals surface area contributed by atoms with Crippen LogP contribution in [-0.4, -0.2) is 8.42 Å². The number of sulfone groups is 1. The molecule has 0 aromatic heterocycles. The van der Waals surface area contributed by atoms with Crippen LogP contribution in [0.1, 0.15) is 13.8 Å². The third kappa shape index (κ3) is 4.13. The van der Waals surface area contributed by atoms with Gasteiger partial charge in [0.1, 0.15) is 0 Å². The minimum absolute atomic E-state index is 0.0798. The molecule has 0 bridgehead atoms. The number of hydrogen-bond acceptors (Lipinski definition) is 2. The molecule has 0 fully saturated rings. The van der Waals surface area contributed by atoms with Crippen LogP contribution in [0.2, 0.25) is 0 Å². The Balaban J connectivity index is 4.99. The van der Waals surface area contributed by atoms with Crippen molar-refractivity contribution in [3.8, 4) is 0 Å². The second kappa shape index (κ2) is 6.19. The van der Waals surface area contributed by atoms with Gasteiger partial charge in [-0.25, -0.2) is 8.42 Å². The molecule has 82 valence electrons. The van der Waals surface area contributed by atoms with Crippen molar-refractivity contribution < 1.29 is 8.42 Å². The first-order chi connectivity index (χ1) is 6.96. The SMILES string of the molecule is C=C/C=C(\C)S(=O)(=O)C(=C)/C=C\C=C/C. The molecule has 3 heteroatoms. The van der Waals surface area contributed by atoms with Gasteiger partial charge < -0.3 is 0 Å². The largest absolute Gasteiger partial charge is 0.219 e. The molecule has 2 nitrogen and oxygen atoms in total. The van der Waals surface area contributed by atoms with E-state index in [4.69, 9.17) is 0 Å². The lowest BCUT2D eigenvalue weighted by Gasteiger charge is -2.02. The molecule has 0 aliphatic carbocycles. The van der Waals surface area contributed by atoms with Crippen LogP contribution in [-0.2, 0) is 9.84 Å². The van der Waals surface area contributed by atoms with E-state index in [1.54, 1.807) is 12.2 Å². The van der Waals surface area contributed by atoms with E-state index in [1.807, 2.05) is 13.0 Å².